The van der Waals surface area contributed by atoms with Crippen molar-refractivity contribution in [2.45, 2.75) is 55.6 Å². The average molecular weight is 649 g/mol. The van der Waals surface area contributed by atoms with Crippen LogP contribution < -0.4 is 16.0 Å². The third-order valence-corrected chi connectivity index (χ3v) is 10.4. The third-order valence-electron chi connectivity index (χ3n) is 7.47. The van der Waals surface area contributed by atoms with E-state index in [2.05, 4.69) is 64.5 Å². The van der Waals surface area contributed by atoms with Crippen molar-refractivity contribution in [3.63, 3.8) is 0 Å². The summed E-state index contributed by atoms with van der Waals surface area (Å²) in [6, 6.07) is 28.4. The van der Waals surface area contributed by atoms with Gasteiger partial charge in [-0.05, 0) is 23.6 Å². The van der Waals surface area contributed by atoms with Gasteiger partial charge in [-0.2, -0.15) is 0 Å². The molecule has 11 heteroatoms. The lowest BCUT2D eigenvalue weighted by molar-refractivity contribution is -0.161. The minimum absolute atomic E-state index is 0.103. The quantitative estimate of drug-likeness (QED) is 0.162. The Morgan fingerprint density at radius 1 is 0.844 bits per heavy atom. The number of β-lactam (4-membered cyclic amide) rings is 1. The number of carboxylic acids is 1. The highest BCUT2D eigenvalue weighted by Crippen LogP contribution is 2.52. The Morgan fingerprint density at radius 3 is 1.80 bits per heavy atom. The van der Waals surface area contributed by atoms with Crippen molar-refractivity contribution < 1.29 is 24.3 Å². The summed E-state index contributed by atoms with van der Waals surface area (Å²) in [4.78, 5) is 49.2. The molecule has 9 nitrogen and oxygen atoms in total. The van der Waals surface area contributed by atoms with Crippen molar-refractivity contribution in [3.8, 4) is 0 Å². The van der Waals surface area contributed by atoms with Crippen LogP contribution in [0.3, 0.4) is 0 Å². The first-order valence-electron chi connectivity index (χ1n) is 14.9. The Morgan fingerprint density at radius 2 is 1.33 bits per heavy atom. The van der Waals surface area contributed by atoms with Gasteiger partial charge in [-0.3, -0.25) is 14.4 Å². The van der Waals surface area contributed by atoms with Crippen molar-refractivity contribution in [1.82, 2.24) is 20.9 Å². The number of carbonyl (C=O) groups is 4. The van der Waals surface area contributed by atoms with E-state index in [4.69, 9.17) is 0 Å². The van der Waals surface area contributed by atoms with Gasteiger partial charge in [-0.25, -0.2) is 4.79 Å². The molecule has 5 rings (SSSR count). The van der Waals surface area contributed by atoms with E-state index in [1.54, 1.807) is 6.92 Å². The molecule has 3 aromatic carbocycles. The molecule has 2 saturated heterocycles. The Labute approximate surface area is 272 Å². The monoisotopic (exact) mass is 648 g/mol. The highest BCUT2D eigenvalue weighted by atomic mass is 32.2. The predicted octanol–water partition coefficient (Wildman–Crippen LogP) is 3.69. The molecule has 3 aromatic rings. The summed E-state index contributed by atoms with van der Waals surface area (Å²) >= 11 is 2.39. The zero-order valence-electron chi connectivity index (χ0n) is 25.5. The van der Waals surface area contributed by atoms with Gasteiger partial charge < -0.3 is 26.0 Å². The molecule has 0 aromatic heterocycles. The number of amides is 2. The molecule has 0 radical (unpaired) electrons. The fraction of sp³-hybridized carbons (Fsp3) is 0.353. The Balaban J connectivity index is 0.000000222. The van der Waals surface area contributed by atoms with E-state index in [9.17, 15) is 24.3 Å². The minimum Gasteiger partial charge on any atom is -0.480 e. The van der Waals surface area contributed by atoms with Crippen LogP contribution in [0.15, 0.2) is 91.0 Å². The van der Waals surface area contributed by atoms with Crippen LogP contribution in [0.1, 0.15) is 30.5 Å². The van der Waals surface area contributed by atoms with Crippen LogP contribution in [0, 0.1) is 0 Å². The highest BCUT2D eigenvalue weighted by Gasteiger charge is 2.65. The van der Waals surface area contributed by atoms with Crippen LogP contribution >= 0.6 is 23.5 Å². The Kier molecular flexibility index (Phi) is 12.6. The molecule has 0 spiro atoms. The molecule has 238 valence electrons. The maximum Gasteiger partial charge on any atom is 0.327 e. The number of benzene rings is 3. The van der Waals surface area contributed by atoms with E-state index < -0.39 is 34.1 Å². The van der Waals surface area contributed by atoms with Crippen LogP contribution in [0.25, 0.3) is 0 Å². The summed E-state index contributed by atoms with van der Waals surface area (Å²) in [5, 5.41) is 18.7. The van der Waals surface area contributed by atoms with Crippen molar-refractivity contribution >= 4 is 46.4 Å². The standard InChI is InChI=1S/C18H20N2O5S2.C16H20N2/c1-10(21)26-9-18(2)14(17(24)25)20-15(23)13(16(20)27-18)19-12(22)8-11-6-4-3-5-7-11;1-3-7-15(8-4-1)13-17-11-12-18-14-16-9-5-2-6-10-16/h3-7,13-14,16H,8-9H2,1-2H3,(H,19,22)(H,24,25);1-10,17-18H,11-14H2/t13?,14?,16-,18?;/m1./s1. The van der Waals surface area contributed by atoms with Gasteiger partial charge in [0.15, 0.2) is 5.12 Å². The minimum atomic E-state index is -1.10. The maximum absolute atomic E-state index is 12.5. The van der Waals surface area contributed by atoms with E-state index in [1.165, 1.54) is 34.7 Å². The number of fused-ring (bicyclic) bond motifs is 1. The van der Waals surface area contributed by atoms with Gasteiger partial charge in [0.05, 0.1) is 11.2 Å². The van der Waals surface area contributed by atoms with E-state index in [0.29, 0.717) is 0 Å². The van der Waals surface area contributed by atoms with Gasteiger partial charge >= 0.3 is 5.97 Å². The second-order valence-electron chi connectivity index (χ2n) is 11.1. The number of thioether (sulfide) groups is 2. The fourth-order valence-electron chi connectivity index (χ4n) is 5.23. The highest BCUT2D eigenvalue weighted by molar-refractivity contribution is 8.14. The zero-order valence-corrected chi connectivity index (χ0v) is 27.1. The van der Waals surface area contributed by atoms with Crippen LogP contribution in [0.5, 0.6) is 0 Å². The molecule has 2 fully saturated rings. The summed E-state index contributed by atoms with van der Waals surface area (Å²) in [5.74, 6) is -1.48. The van der Waals surface area contributed by atoms with Crippen molar-refractivity contribution in [1.29, 1.82) is 0 Å². The van der Waals surface area contributed by atoms with Crippen LogP contribution in [-0.2, 0) is 38.7 Å². The summed E-state index contributed by atoms with van der Waals surface area (Å²) in [7, 11) is 0. The number of hydrogen-bond donors (Lipinski definition) is 4. The molecule has 2 aliphatic rings. The molecule has 3 unspecified atom stereocenters. The van der Waals surface area contributed by atoms with Gasteiger partial charge in [-0.1, -0.05) is 103 Å². The van der Waals surface area contributed by atoms with Gasteiger partial charge in [0.1, 0.15) is 17.5 Å². The molecule has 2 amide bonds. The first kappa shape index (κ1) is 34.2. The molecule has 0 aliphatic carbocycles. The largest absolute Gasteiger partial charge is 0.480 e. The summed E-state index contributed by atoms with van der Waals surface area (Å²) in [6.07, 6.45) is 0.155. The number of carbonyl (C=O) groups excluding carboxylic acids is 3. The number of nitrogens with one attached hydrogen (secondary N) is 3. The molecule has 0 bridgehead atoms. The smallest absolute Gasteiger partial charge is 0.327 e. The number of hydrogen-bond acceptors (Lipinski definition) is 8. The van der Waals surface area contributed by atoms with Crippen molar-refractivity contribution in [3.05, 3.63) is 108 Å². The van der Waals surface area contributed by atoms with E-state index in [-0.39, 0.29) is 23.2 Å². The second kappa shape index (κ2) is 16.6. The van der Waals surface area contributed by atoms with E-state index >= 15 is 0 Å². The molecule has 45 heavy (non-hydrogen) atoms. The van der Waals surface area contributed by atoms with Gasteiger partial charge in [-0.15, -0.1) is 11.8 Å². The number of nitrogens with zero attached hydrogens (tertiary/aromatic N) is 1. The van der Waals surface area contributed by atoms with Crippen molar-refractivity contribution in [2.24, 2.45) is 0 Å². The Hall–Kier alpha value is -3.64. The maximum atomic E-state index is 12.5. The van der Waals surface area contributed by atoms with E-state index in [0.717, 1.165) is 43.5 Å². The lowest BCUT2D eigenvalue weighted by Gasteiger charge is -2.43. The predicted molar refractivity (Wildman–Crippen MR) is 180 cm³/mol. The van der Waals surface area contributed by atoms with E-state index in [1.807, 2.05) is 42.5 Å². The SMILES string of the molecule is CC(=O)SCC1(C)S[C@@H]2C(NC(=O)Cc3ccccc3)C(=O)N2C1C(=O)O.c1ccc(CNCCNCc2ccccc2)cc1. The van der Waals surface area contributed by atoms with Gasteiger partial charge in [0.2, 0.25) is 11.8 Å². The van der Waals surface area contributed by atoms with Crippen LogP contribution in [0.4, 0.5) is 0 Å². The molecule has 0 saturated carbocycles. The lowest BCUT2D eigenvalue weighted by Crippen LogP contribution is -2.70. The second-order valence-corrected chi connectivity index (χ2v) is 13.9. The van der Waals surface area contributed by atoms with Gasteiger partial charge in [0, 0.05) is 38.9 Å². The zero-order chi connectivity index (χ0) is 32.2. The number of rotatable bonds is 13. The summed E-state index contributed by atoms with van der Waals surface area (Å²) < 4.78 is -0.804. The molecule has 2 aliphatic heterocycles. The first-order chi connectivity index (χ1) is 21.7. The molecular weight excluding hydrogens is 609 g/mol. The van der Waals surface area contributed by atoms with Crippen LogP contribution in [-0.4, -0.2) is 74.0 Å². The normalized spacial score (nSPS) is 21.6. The number of carboxylic acid groups (broad SMARTS) is 1. The van der Waals surface area contributed by atoms with Crippen molar-refractivity contribution in [2.75, 3.05) is 18.8 Å². The summed E-state index contributed by atoms with van der Waals surface area (Å²) in [6.45, 7) is 7.03. The summed E-state index contributed by atoms with van der Waals surface area (Å²) in [5.41, 5.74) is 3.50. The third kappa shape index (κ3) is 9.67. The topological polar surface area (TPSA) is 128 Å². The number of aliphatic carboxylic acids is 1. The first-order valence-corrected chi connectivity index (χ1v) is 16.7. The fourth-order valence-corrected chi connectivity index (χ4v) is 7.88. The van der Waals surface area contributed by atoms with Gasteiger partial charge in [0.25, 0.3) is 0 Å². The molecule has 4 atom stereocenters. The molecule has 4 N–H and O–H groups in total. The molecule has 2 heterocycles. The Bertz CT molecular complexity index is 1390. The van der Waals surface area contributed by atoms with Crippen LogP contribution in [0.2, 0.25) is 0 Å². The lowest BCUT2D eigenvalue weighted by atomic mass is 9.95. The molecular formula is C34H40N4O5S2. The average Bonchev–Trinajstić information content (AvgIpc) is 3.32.